The fraction of sp³-hybridized carbons (Fsp3) is 0.385. The minimum Gasteiger partial charge on any atom is -0.245 e. The second kappa shape index (κ2) is 4.87. The summed E-state index contributed by atoms with van der Waals surface area (Å²) in [4.78, 5) is 8.14. The largest absolute Gasteiger partial charge is 0.245 e. The Kier molecular flexibility index (Phi) is 3.28. The van der Waals surface area contributed by atoms with Crippen molar-refractivity contribution in [1.29, 1.82) is 0 Å². The van der Waals surface area contributed by atoms with Crippen molar-refractivity contribution in [3.8, 4) is 0 Å². The first-order chi connectivity index (χ1) is 7.42. The Bertz CT molecular complexity index is 365. The molecule has 1 heterocycles. The molecule has 1 aromatic heterocycles. The smallest absolute Gasteiger partial charge is 0.115 e. The third-order valence-corrected chi connectivity index (χ3v) is 2.77. The van der Waals surface area contributed by atoms with Crippen LogP contribution < -0.4 is 0 Å². The maximum Gasteiger partial charge on any atom is 0.115 e. The molecule has 1 atom stereocenters. The van der Waals surface area contributed by atoms with Crippen molar-refractivity contribution in [1.82, 2.24) is 9.97 Å². The van der Waals surface area contributed by atoms with E-state index in [1.165, 1.54) is 30.4 Å². The van der Waals surface area contributed by atoms with Crippen LogP contribution in [0.15, 0.2) is 42.5 Å². The van der Waals surface area contributed by atoms with E-state index in [9.17, 15) is 0 Å². The predicted octanol–water partition coefficient (Wildman–Crippen LogP) is 3.25. The lowest BCUT2D eigenvalue weighted by molar-refractivity contribution is 0.754. The molecule has 0 bridgehead atoms. The summed E-state index contributed by atoms with van der Waals surface area (Å²) in [6.07, 6.45) is 15.7. The van der Waals surface area contributed by atoms with Crippen LogP contribution in [0.25, 0.3) is 0 Å². The van der Waals surface area contributed by atoms with Crippen molar-refractivity contribution in [2.45, 2.75) is 32.1 Å². The zero-order valence-electron chi connectivity index (χ0n) is 9.06. The van der Waals surface area contributed by atoms with E-state index in [1.54, 1.807) is 6.33 Å². The molecular formula is C13H16N2. The number of rotatable bonds is 4. The quantitative estimate of drug-likeness (QED) is 0.745. The molecule has 0 saturated carbocycles. The Hall–Kier alpha value is -1.44. The Labute approximate surface area is 90.8 Å². The van der Waals surface area contributed by atoms with Gasteiger partial charge in [0.15, 0.2) is 0 Å². The zero-order valence-corrected chi connectivity index (χ0v) is 9.06. The van der Waals surface area contributed by atoms with Crippen LogP contribution in [-0.4, -0.2) is 9.97 Å². The van der Waals surface area contributed by atoms with Gasteiger partial charge in [0, 0.05) is 18.3 Å². The van der Waals surface area contributed by atoms with Crippen molar-refractivity contribution in [2.75, 3.05) is 0 Å². The van der Waals surface area contributed by atoms with Gasteiger partial charge in [0.1, 0.15) is 6.33 Å². The fourth-order valence-corrected chi connectivity index (χ4v) is 1.93. The highest BCUT2D eigenvalue weighted by Crippen LogP contribution is 2.32. The number of hydrogen-bond donors (Lipinski definition) is 0. The standard InChI is InChI=1S/C13H16N2/c1-2-3-5-11-6-4-7-13(11)12-8-14-10-15-9-12/h4,6-10,13H,2-3,5H2,1H3. The highest BCUT2D eigenvalue weighted by Gasteiger charge is 2.16. The first-order valence-electron chi connectivity index (χ1n) is 5.54. The molecular weight excluding hydrogens is 184 g/mol. The summed E-state index contributed by atoms with van der Waals surface area (Å²) in [6, 6.07) is 0. The molecule has 0 saturated heterocycles. The Balaban J connectivity index is 2.10. The topological polar surface area (TPSA) is 25.8 Å². The Morgan fingerprint density at radius 1 is 1.27 bits per heavy atom. The van der Waals surface area contributed by atoms with Gasteiger partial charge in [0.05, 0.1) is 0 Å². The van der Waals surface area contributed by atoms with E-state index in [2.05, 4.69) is 35.1 Å². The number of unbranched alkanes of at least 4 members (excludes halogenated alkanes) is 1. The average molecular weight is 200 g/mol. The summed E-state index contributed by atoms with van der Waals surface area (Å²) >= 11 is 0. The minimum atomic E-state index is 0.415. The van der Waals surface area contributed by atoms with Crippen LogP contribution in [0.5, 0.6) is 0 Å². The Morgan fingerprint density at radius 2 is 2.07 bits per heavy atom. The van der Waals surface area contributed by atoms with E-state index < -0.39 is 0 Å². The highest BCUT2D eigenvalue weighted by atomic mass is 14.8. The second-order valence-corrected chi connectivity index (χ2v) is 3.88. The van der Waals surface area contributed by atoms with Crippen LogP contribution in [0, 0.1) is 0 Å². The van der Waals surface area contributed by atoms with Gasteiger partial charge in [0.2, 0.25) is 0 Å². The van der Waals surface area contributed by atoms with E-state index >= 15 is 0 Å². The normalized spacial score (nSPS) is 19.3. The number of hydrogen-bond acceptors (Lipinski definition) is 2. The summed E-state index contributed by atoms with van der Waals surface area (Å²) < 4.78 is 0. The maximum atomic E-state index is 4.07. The summed E-state index contributed by atoms with van der Waals surface area (Å²) in [5, 5.41) is 0. The molecule has 1 aromatic rings. The maximum absolute atomic E-state index is 4.07. The van der Waals surface area contributed by atoms with E-state index in [-0.39, 0.29) is 0 Å². The lowest BCUT2D eigenvalue weighted by Crippen LogP contribution is -1.98. The first-order valence-corrected chi connectivity index (χ1v) is 5.54. The summed E-state index contributed by atoms with van der Waals surface area (Å²) in [5.41, 5.74) is 2.69. The SMILES string of the molecule is CCCCC1=CC=CC1c1cncnc1. The monoisotopic (exact) mass is 200 g/mol. The summed E-state index contributed by atoms with van der Waals surface area (Å²) in [5.74, 6) is 0.415. The molecule has 15 heavy (non-hydrogen) atoms. The van der Waals surface area contributed by atoms with Crippen LogP contribution in [-0.2, 0) is 0 Å². The van der Waals surface area contributed by atoms with Gasteiger partial charge in [-0.25, -0.2) is 9.97 Å². The molecule has 0 fully saturated rings. The average Bonchev–Trinajstić information content (AvgIpc) is 2.75. The highest BCUT2D eigenvalue weighted by molar-refractivity contribution is 5.38. The van der Waals surface area contributed by atoms with Gasteiger partial charge in [0.25, 0.3) is 0 Å². The molecule has 2 heteroatoms. The van der Waals surface area contributed by atoms with Crippen molar-refractivity contribution >= 4 is 0 Å². The van der Waals surface area contributed by atoms with Gasteiger partial charge in [-0.05, 0) is 18.4 Å². The van der Waals surface area contributed by atoms with Crippen LogP contribution in [0.4, 0.5) is 0 Å². The van der Waals surface area contributed by atoms with Crippen molar-refractivity contribution < 1.29 is 0 Å². The molecule has 0 aliphatic heterocycles. The molecule has 78 valence electrons. The third kappa shape index (κ3) is 2.32. The van der Waals surface area contributed by atoms with Crippen LogP contribution in [0.1, 0.15) is 37.7 Å². The number of allylic oxidation sites excluding steroid dienone is 4. The molecule has 2 rings (SSSR count). The Morgan fingerprint density at radius 3 is 2.80 bits per heavy atom. The third-order valence-electron chi connectivity index (χ3n) is 2.77. The van der Waals surface area contributed by atoms with Gasteiger partial charge in [-0.15, -0.1) is 0 Å². The first kappa shape index (κ1) is 10.1. The van der Waals surface area contributed by atoms with Crippen molar-refractivity contribution in [3.05, 3.63) is 48.1 Å². The molecule has 1 unspecified atom stereocenters. The van der Waals surface area contributed by atoms with Crippen LogP contribution in [0.2, 0.25) is 0 Å². The fourth-order valence-electron chi connectivity index (χ4n) is 1.93. The zero-order chi connectivity index (χ0) is 10.5. The molecule has 2 nitrogen and oxygen atoms in total. The number of aromatic nitrogens is 2. The molecule has 0 aromatic carbocycles. The number of nitrogens with zero attached hydrogens (tertiary/aromatic N) is 2. The van der Waals surface area contributed by atoms with E-state index in [4.69, 9.17) is 0 Å². The molecule has 1 aliphatic carbocycles. The lowest BCUT2D eigenvalue weighted by atomic mass is 9.93. The predicted molar refractivity (Wildman–Crippen MR) is 61.5 cm³/mol. The minimum absolute atomic E-state index is 0.415. The molecule has 0 spiro atoms. The van der Waals surface area contributed by atoms with Crippen LogP contribution in [0.3, 0.4) is 0 Å². The van der Waals surface area contributed by atoms with E-state index in [1.807, 2.05) is 12.4 Å². The van der Waals surface area contributed by atoms with Crippen molar-refractivity contribution in [2.24, 2.45) is 0 Å². The van der Waals surface area contributed by atoms with Crippen LogP contribution >= 0.6 is 0 Å². The molecule has 0 amide bonds. The summed E-state index contributed by atoms with van der Waals surface area (Å²) in [6.45, 7) is 2.23. The molecule has 0 radical (unpaired) electrons. The van der Waals surface area contributed by atoms with E-state index in [0.717, 1.165) is 0 Å². The van der Waals surface area contributed by atoms with Gasteiger partial charge < -0.3 is 0 Å². The molecule has 0 N–H and O–H groups in total. The van der Waals surface area contributed by atoms with E-state index in [0.29, 0.717) is 5.92 Å². The molecule has 1 aliphatic rings. The lowest BCUT2D eigenvalue weighted by Gasteiger charge is -2.12. The van der Waals surface area contributed by atoms with Gasteiger partial charge in [-0.2, -0.15) is 0 Å². The van der Waals surface area contributed by atoms with Crippen molar-refractivity contribution in [3.63, 3.8) is 0 Å². The summed E-state index contributed by atoms with van der Waals surface area (Å²) in [7, 11) is 0. The van der Waals surface area contributed by atoms with Gasteiger partial charge in [-0.1, -0.05) is 37.1 Å². The van der Waals surface area contributed by atoms with Gasteiger partial charge in [-0.3, -0.25) is 0 Å². The second-order valence-electron chi connectivity index (χ2n) is 3.88. The van der Waals surface area contributed by atoms with Gasteiger partial charge >= 0.3 is 0 Å².